The molecule has 5 nitrogen and oxygen atoms in total. The van der Waals surface area contributed by atoms with E-state index in [1.807, 2.05) is 39.4 Å². The van der Waals surface area contributed by atoms with Crippen molar-refractivity contribution < 1.29 is 9.59 Å². The average Bonchev–Trinajstić information content (AvgIpc) is 3.11. The number of halogens is 1. The highest BCUT2D eigenvalue weighted by molar-refractivity contribution is 7.12. The van der Waals surface area contributed by atoms with Gasteiger partial charge in [-0.25, -0.2) is 0 Å². The minimum atomic E-state index is -0.0962. The molecule has 3 rings (SSSR count). The van der Waals surface area contributed by atoms with Crippen LogP contribution in [0.4, 0.5) is 5.69 Å². The second kappa shape index (κ2) is 7.79. The van der Waals surface area contributed by atoms with Gasteiger partial charge in [-0.15, -0.1) is 11.3 Å². The lowest BCUT2D eigenvalue weighted by Crippen LogP contribution is -2.50. The molecule has 0 radical (unpaired) electrons. The molecule has 1 aromatic carbocycles. The lowest BCUT2D eigenvalue weighted by Gasteiger charge is -2.34. The maximum atomic E-state index is 12.3. The van der Waals surface area contributed by atoms with Crippen molar-refractivity contribution in [2.24, 2.45) is 0 Å². The normalized spacial score (nSPS) is 15.3. The Hall–Kier alpha value is -1.89. The van der Waals surface area contributed by atoms with E-state index in [0.717, 1.165) is 4.88 Å². The van der Waals surface area contributed by atoms with Crippen molar-refractivity contribution in [1.29, 1.82) is 0 Å². The number of hydrogen-bond donors (Lipinski definition) is 1. The number of nitrogens with one attached hydrogen (secondary N) is 1. The van der Waals surface area contributed by atoms with Crippen molar-refractivity contribution in [2.45, 2.75) is 0 Å². The first-order valence-electron chi connectivity index (χ1n) is 7.73. The third-order valence-electron chi connectivity index (χ3n) is 3.91. The maximum absolute atomic E-state index is 12.3. The third-order valence-corrected chi connectivity index (χ3v) is 5.09. The Labute approximate surface area is 149 Å². The van der Waals surface area contributed by atoms with Crippen LogP contribution in [0.1, 0.15) is 9.67 Å². The lowest BCUT2D eigenvalue weighted by atomic mass is 10.2. The second-order valence-corrected chi connectivity index (χ2v) is 6.93. The quantitative estimate of drug-likeness (QED) is 0.908. The first kappa shape index (κ1) is 17.0. The number of piperazine rings is 1. The molecule has 1 aromatic heterocycles. The van der Waals surface area contributed by atoms with Gasteiger partial charge >= 0.3 is 0 Å². The van der Waals surface area contributed by atoms with Crippen LogP contribution in [0.5, 0.6) is 0 Å². The largest absolute Gasteiger partial charge is 0.335 e. The number of carbonyl (C=O) groups is 2. The molecular weight excluding hydrogens is 346 g/mol. The van der Waals surface area contributed by atoms with Crippen molar-refractivity contribution in [1.82, 2.24) is 9.80 Å². The van der Waals surface area contributed by atoms with Gasteiger partial charge in [0.25, 0.3) is 5.91 Å². The molecule has 2 amide bonds. The molecule has 0 spiro atoms. The Morgan fingerprint density at radius 2 is 1.83 bits per heavy atom. The number of thiophene rings is 1. The predicted molar refractivity (Wildman–Crippen MR) is 96.7 cm³/mol. The first-order chi connectivity index (χ1) is 11.6. The molecular formula is C17H18ClN3O2S. The van der Waals surface area contributed by atoms with Gasteiger partial charge < -0.3 is 10.2 Å². The van der Waals surface area contributed by atoms with Crippen LogP contribution in [0.2, 0.25) is 5.02 Å². The molecule has 0 unspecified atom stereocenters. The summed E-state index contributed by atoms with van der Waals surface area (Å²) < 4.78 is 0. The van der Waals surface area contributed by atoms with E-state index in [2.05, 4.69) is 5.32 Å². The number of amides is 2. The predicted octanol–water partition coefficient (Wildman–Crippen LogP) is 2.80. The van der Waals surface area contributed by atoms with Crippen LogP contribution >= 0.6 is 22.9 Å². The summed E-state index contributed by atoms with van der Waals surface area (Å²) in [4.78, 5) is 29.1. The van der Waals surface area contributed by atoms with Crippen LogP contribution in [0.25, 0.3) is 0 Å². The number of nitrogens with zero attached hydrogens (tertiary/aromatic N) is 2. The molecule has 0 bridgehead atoms. The van der Waals surface area contributed by atoms with Gasteiger partial charge in [-0.1, -0.05) is 29.8 Å². The molecule has 126 valence electrons. The van der Waals surface area contributed by atoms with Crippen LogP contribution in [-0.2, 0) is 4.79 Å². The van der Waals surface area contributed by atoms with Crippen LogP contribution in [0.3, 0.4) is 0 Å². The first-order valence-corrected chi connectivity index (χ1v) is 8.99. The summed E-state index contributed by atoms with van der Waals surface area (Å²) in [5.74, 6) is -0.0219. The summed E-state index contributed by atoms with van der Waals surface area (Å²) in [6, 6.07) is 10.9. The summed E-state index contributed by atoms with van der Waals surface area (Å²) in [5, 5.41) is 5.25. The minimum absolute atomic E-state index is 0.0742. The molecule has 1 aliphatic heterocycles. The highest BCUT2D eigenvalue weighted by Crippen LogP contribution is 2.20. The molecule has 2 aromatic rings. The summed E-state index contributed by atoms with van der Waals surface area (Å²) in [6.45, 7) is 2.94. The van der Waals surface area contributed by atoms with Gasteiger partial charge in [-0.2, -0.15) is 0 Å². The molecule has 0 saturated carbocycles. The van der Waals surface area contributed by atoms with E-state index in [-0.39, 0.29) is 11.8 Å². The van der Waals surface area contributed by atoms with Gasteiger partial charge in [0.2, 0.25) is 5.91 Å². The number of rotatable bonds is 4. The summed E-state index contributed by atoms with van der Waals surface area (Å²) in [5.41, 5.74) is 0.621. The second-order valence-electron chi connectivity index (χ2n) is 5.57. The van der Waals surface area contributed by atoms with E-state index in [1.165, 1.54) is 11.3 Å². The monoisotopic (exact) mass is 363 g/mol. The number of carbonyl (C=O) groups excluding carboxylic acids is 2. The van der Waals surface area contributed by atoms with Crippen molar-refractivity contribution in [3.05, 3.63) is 51.7 Å². The zero-order chi connectivity index (χ0) is 16.9. The fraction of sp³-hybridized carbons (Fsp3) is 0.294. The number of hydrogen-bond acceptors (Lipinski definition) is 4. The van der Waals surface area contributed by atoms with E-state index in [1.54, 1.807) is 12.1 Å². The molecule has 7 heteroatoms. The fourth-order valence-corrected chi connectivity index (χ4v) is 3.49. The molecule has 1 aliphatic rings. The summed E-state index contributed by atoms with van der Waals surface area (Å²) >= 11 is 7.50. The zero-order valence-corrected chi connectivity index (χ0v) is 14.6. The van der Waals surface area contributed by atoms with Crippen LogP contribution in [-0.4, -0.2) is 54.3 Å². The SMILES string of the molecule is O=C(CN1CCN(C(=O)c2cccs2)CC1)Nc1ccccc1Cl. The van der Waals surface area contributed by atoms with Gasteiger partial charge in [0.15, 0.2) is 0 Å². The molecule has 1 N–H and O–H groups in total. The third kappa shape index (κ3) is 4.14. The zero-order valence-electron chi connectivity index (χ0n) is 13.1. The molecule has 1 saturated heterocycles. The van der Waals surface area contributed by atoms with Crippen molar-refractivity contribution in [2.75, 3.05) is 38.0 Å². The highest BCUT2D eigenvalue weighted by atomic mass is 35.5. The summed E-state index contributed by atoms with van der Waals surface area (Å²) in [6.07, 6.45) is 0. The van der Waals surface area contributed by atoms with Gasteiger partial charge in [0, 0.05) is 26.2 Å². The van der Waals surface area contributed by atoms with Crippen LogP contribution in [0.15, 0.2) is 41.8 Å². The smallest absolute Gasteiger partial charge is 0.264 e. The van der Waals surface area contributed by atoms with Crippen LogP contribution in [0, 0.1) is 0 Å². The van der Waals surface area contributed by atoms with Crippen LogP contribution < -0.4 is 5.32 Å². The van der Waals surface area contributed by atoms with Crippen molar-refractivity contribution >= 4 is 40.4 Å². The van der Waals surface area contributed by atoms with E-state index < -0.39 is 0 Å². The fourth-order valence-electron chi connectivity index (χ4n) is 2.62. The molecule has 1 fully saturated rings. The Bertz CT molecular complexity index is 712. The number of anilines is 1. The van der Waals surface area contributed by atoms with Gasteiger partial charge in [0.1, 0.15) is 0 Å². The van der Waals surface area contributed by atoms with Crippen molar-refractivity contribution in [3.63, 3.8) is 0 Å². The van der Waals surface area contributed by atoms with Gasteiger partial charge in [0.05, 0.1) is 22.1 Å². The van der Waals surface area contributed by atoms with Gasteiger partial charge in [-0.3, -0.25) is 14.5 Å². The number of para-hydroxylation sites is 1. The maximum Gasteiger partial charge on any atom is 0.264 e. The van der Waals surface area contributed by atoms with E-state index >= 15 is 0 Å². The Balaban J connectivity index is 1.48. The van der Waals surface area contributed by atoms with Crippen molar-refractivity contribution in [3.8, 4) is 0 Å². The highest BCUT2D eigenvalue weighted by Gasteiger charge is 2.23. The van der Waals surface area contributed by atoms with Gasteiger partial charge in [-0.05, 0) is 23.6 Å². The minimum Gasteiger partial charge on any atom is -0.335 e. The Morgan fingerprint density at radius 3 is 2.50 bits per heavy atom. The molecule has 0 atom stereocenters. The molecule has 24 heavy (non-hydrogen) atoms. The lowest BCUT2D eigenvalue weighted by molar-refractivity contribution is -0.117. The summed E-state index contributed by atoms with van der Waals surface area (Å²) in [7, 11) is 0. The van der Waals surface area contributed by atoms with E-state index in [4.69, 9.17) is 11.6 Å². The average molecular weight is 364 g/mol. The Kier molecular flexibility index (Phi) is 5.50. The molecule has 0 aliphatic carbocycles. The number of benzene rings is 1. The Morgan fingerprint density at radius 1 is 1.08 bits per heavy atom. The topological polar surface area (TPSA) is 52.7 Å². The van der Waals surface area contributed by atoms with E-state index in [0.29, 0.717) is 43.4 Å². The molecule has 2 heterocycles. The van der Waals surface area contributed by atoms with E-state index in [9.17, 15) is 9.59 Å². The standard InChI is InChI=1S/C17H18ClN3O2S/c18-13-4-1-2-5-14(13)19-16(22)12-20-7-9-21(10-8-20)17(23)15-6-3-11-24-15/h1-6,11H,7-10,12H2,(H,19,22).